The van der Waals surface area contributed by atoms with Gasteiger partial charge in [-0.3, -0.25) is 4.55 Å². The standard InChI is InChI=1S/C32H36F2O6S2/c1-21(32(33,34)42(35,36)37)38-24-13-19-27(20-14-24)41(25-15-9-22(10-16-25)30(2,3)4)26-17-11-23(12-18-26)31(5)39-28-7-6-8-29(28)40-31/h9-21,28-29H,6-8H2,1-5H3/p+1. The molecule has 1 N–H and O–H groups in total. The van der Waals surface area contributed by atoms with Crippen LogP contribution >= 0.6 is 0 Å². The van der Waals surface area contributed by atoms with Crippen molar-refractivity contribution in [3.05, 3.63) is 83.9 Å². The van der Waals surface area contributed by atoms with Crippen LogP contribution in [0.25, 0.3) is 0 Å². The predicted octanol–water partition coefficient (Wildman–Crippen LogP) is 7.47. The highest BCUT2D eigenvalue weighted by atomic mass is 32.2. The van der Waals surface area contributed by atoms with Gasteiger partial charge in [-0.05, 0) is 105 Å². The molecule has 0 spiro atoms. The second kappa shape index (κ2) is 11.2. The second-order valence-electron chi connectivity index (χ2n) is 12.1. The van der Waals surface area contributed by atoms with Crippen molar-refractivity contribution in [1.29, 1.82) is 0 Å². The fourth-order valence-corrected chi connectivity index (χ4v) is 7.94. The number of hydrogen-bond acceptors (Lipinski definition) is 5. The minimum absolute atomic E-state index is 0.00635. The van der Waals surface area contributed by atoms with Gasteiger partial charge in [0, 0.05) is 5.56 Å². The van der Waals surface area contributed by atoms with Gasteiger partial charge >= 0.3 is 15.4 Å². The Hall–Kier alpha value is -2.50. The first-order valence-corrected chi connectivity index (χ1v) is 16.7. The SMILES string of the molecule is CC(Oc1ccc([S+](c2ccc(C(C)(C)C)cc2)c2ccc(C3(C)OC4CCCC4O3)cc2)cc1)C(F)(F)S(=O)(=O)O. The lowest BCUT2D eigenvalue weighted by molar-refractivity contribution is -0.174. The van der Waals surface area contributed by atoms with Crippen molar-refractivity contribution < 1.29 is 36.0 Å². The number of fused-ring (bicyclic) bond motifs is 1. The molecule has 226 valence electrons. The average molecular weight is 620 g/mol. The zero-order valence-corrected chi connectivity index (χ0v) is 26.0. The van der Waals surface area contributed by atoms with Crippen LogP contribution in [0.4, 0.5) is 8.78 Å². The highest BCUT2D eigenvalue weighted by Crippen LogP contribution is 2.44. The maximum Gasteiger partial charge on any atom is 0.405 e. The van der Waals surface area contributed by atoms with Crippen molar-refractivity contribution in [3.8, 4) is 5.75 Å². The Bertz CT molecular complexity index is 1490. The quantitative estimate of drug-likeness (QED) is 0.208. The molecular formula is C32H37F2O6S2+. The third-order valence-electron chi connectivity index (χ3n) is 7.90. The number of halogens is 2. The molecule has 0 amide bonds. The maximum absolute atomic E-state index is 14.0. The van der Waals surface area contributed by atoms with Crippen molar-refractivity contribution >= 4 is 21.0 Å². The van der Waals surface area contributed by atoms with Crippen LogP contribution in [0.5, 0.6) is 5.75 Å². The van der Waals surface area contributed by atoms with E-state index in [1.54, 1.807) is 12.1 Å². The van der Waals surface area contributed by atoms with Crippen LogP contribution in [0, 0.1) is 0 Å². The molecular weight excluding hydrogens is 582 g/mol. The predicted molar refractivity (Wildman–Crippen MR) is 158 cm³/mol. The molecule has 1 aliphatic heterocycles. The molecule has 0 aromatic heterocycles. The number of alkyl halides is 2. The Morgan fingerprint density at radius 2 is 1.33 bits per heavy atom. The van der Waals surface area contributed by atoms with Gasteiger partial charge in [-0.2, -0.15) is 17.2 Å². The summed E-state index contributed by atoms with van der Waals surface area (Å²) in [5.74, 6) is -0.730. The second-order valence-corrected chi connectivity index (χ2v) is 15.6. The molecule has 10 heteroatoms. The summed E-state index contributed by atoms with van der Waals surface area (Å²) >= 11 is 0. The summed E-state index contributed by atoms with van der Waals surface area (Å²) < 4.78 is 77.1. The first-order chi connectivity index (χ1) is 19.6. The van der Waals surface area contributed by atoms with Gasteiger partial charge < -0.3 is 14.2 Å². The molecule has 2 aliphatic rings. The van der Waals surface area contributed by atoms with Gasteiger partial charge in [0.05, 0.1) is 23.1 Å². The molecule has 2 fully saturated rings. The summed E-state index contributed by atoms with van der Waals surface area (Å²) in [6.07, 6.45) is 1.32. The minimum atomic E-state index is -5.62. The van der Waals surface area contributed by atoms with Crippen LogP contribution in [0.1, 0.15) is 65.0 Å². The van der Waals surface area contributed by atoms with Crippen LogP contribution in [-0.2, 0) is 41.7 Å². The third kappa shape index (κ3) is 6.10. The fourth-order valence-electron chi connectivity index (χ4n) is 5.43. The van der Waals surface area contributed by atoms with Gasteiger partial charge in [0.2, 0.25) is 0 Å². The van der Waals surface area contributed by atoms with Gasteiger partial charge in [-0.25, -0.2) is 0 Å². The van der Waals surface area contributed by atoms with Gasteiger partial charge in [-0.1, -0.05) is 32.9 Å². The Morgan fingerprint density at radius 3 is 1.79 bits per heavy atom. The zero-order chi connectivity index (χ0) is 30.5. The third-order valence-corrected chi connectivity index (χ3v) is 11.2. The summed E-state index contributed by atoms with van der Waals surface area (Å²) in [6, 6.07) is 23.3. The molecule has 1 saturated carbocycles. The number of benzene rings is 3. The monoisotopic (exact) mass is 619 g/mol. The molecule has 0 radical (unpaired) electrons. The van der Waals surface area contributed by atoms with Crippen LogP contribution < -0.4 is 4.74 Å². The summed E-state index contributed by atoms with van der Waals surface area (Å²) in [5, 5.41) is -4.45. The van der Waals surface area contributed by atoms with E-state index in [4.69, 9.17) is 18.8 Å². The largest absolute Gasteiger partial charge is 0.483 e. The van der Waals surface area contributed by atoms with Crippen LogP contribution in [0.2, 0.25) is 0 Å². The van der Waals surface area contributed by atoms with Crippen molar-refractivity contribution in [1.82, 2.24) is 0 Å². The number of rotatable bonds is 8. The highest BCUT2D eigenvalue weighted by molar-refractivity contribution is 7.97. The molecule has 4 unspecified atom stereocenters. The fraction of sp³-hybridized carbons (Fsp3) is 0.438. The Labute approximate surface area is 249 Å². The summed E-state index contributed by atoms with van der Waals surface area (Å²) in [7, 11) is -6.17. The summed E-state index contributed by atoms with van der Waals surface area (Å²) in [5.41, 5.74) is 2.15. The Morgan fingerprint density at radius 1 is 0.881 bits per heavy atom. The van der Waals surface area contributed by atoms with E-state index >= 15 is 0 Å². The lowest BCUT2D eigenvalue weighted by Gasteiger charge is -2.25. The molecule has 1 saturated heterocycles. The highest BCUT2D eigenvalue weighted by Gasteiger charge is 2.51. The molecule has 1 heterocycles. The molecule has 0 bridgehead atoms. The van der Waals surface area contributed by atoms with Gasteiger partial charge in [0.25, 0.3) is 0 Å². The van der Waals surface area contributed by atoms with E-state index in [1.165, 1.54) is 17.7 Å². The molecule has 3 aromatic carbocycles. The molecule has 3 aromatic rings. The minimum Gasteiger partial charge on any atom is -0.483 e. The number of ether oxygens (including phenoxy) is 3. The topological polar surface area (TPSA) is 82.1 Å². The van der Waals surface area contributed by atoms with E-state index < -0.39 is 38.2 Å². The molecule has 6 nitrogen and oxygen atoms in total. The lowest BCUT2D eigenvalue weighted by atomic mass is 9.87. The Balaban J connectivity index is 1.45. The first-order valence-electron chi connectivity index (χ1n) is 14.0. The van der Waals surface area contributed by atoms with Crippen LogP contribution in [0.3, 0.4) is 0 Å². The van der Waals surface area contributed by atoms with Gasteiger partial charge in [-0.15, -0.1) is 0 Å². The van der Waals surface area contributed by atoms with Crippen molar-refractivity contribution in [2.24, 2.45) is 0 Å². The molecule has 4 atom stereocenters. The van der Waals surface area contributed by atoms with E-state index in [9.17, 15) is 17.2 Å². The average Bonchev–Trinajstić information content (AvgIpc) is 3.48. The number of hydrogen-bond donors (Lipinski definition) is 1. The van der Waals surface area contributed by atoms with Crippen molar-refractivity contribution in [3.63, 3.8) is 0 Å². The van der Waals surface area contributed by atoms with E-state index in [0.29, 0.717) is 0 Å². The van der Waals surface area contributed by atoms with E-state index in [-0.39, 0.29) is 23.4 Å². The van der Waals surface area contributed by atoms with Crippen LogP contribution in [0.15, 0.2) is 87.5 Å². The normalized spacial score (nSPS) is 24.3. The van der Waals surface area contributed by atoms with Gasteiger partial charge in [0.15, 0.2) is 26.6 Å². The maximum atomic E-state index is 14.0. The van der Waals surface area contributed by atoms with E-state index in [1.807, 2.05) is 19.1 Å². The lowest BCUT2D eigenvalue weighted by Crippen LogP contribution is -2.42. The van der Waals surface area contributed by atoms with Crippen LogP contribution in [-0.4, -0.2) is 36.5 Å². The zero-order valence-electron chi connectivity index (χ0n) is 24.3. The smallest absolute Gasteiger partial charge is 0.405 e. The molecule has 42 heavy (non-hydrogen) atoms. The molecule has 5 rings (SSSR count). The van der Waals surface area contributed by atoms with Crippen molar-refractivity contribution in [2.75, 3.05) is 0 Å². The Kier molecular flexibility index (Phi) is 8.26. The summed E-state index contributed by atoms with van der Waals surface area (Å²) in [4.78, 5) is 3.04. The van der Waals surface area contributed by atoms with Gasteiger partial charge in [0.1, 0.15) is 5.75 Å². The van der Waals surface area contributed by atoms with E-state index in [2.05, 4.69) is 57.2 Å². The molecule has 1 aliphatic carbocycles. The first kappa shape index (κ1) is 30.9. The van der Waals surface area contributed by atoms with E-state index in [0.717, 1.165) is 46.4 Å². The summed E-state index contributed by atoms with van der Waals surface area (Å²) in [6.45, 7) is 9.35. The van der Waals surface area contributed by atoms with Crippen molar-refractivity contribution in [2.45, 2.75) is 103 Å².